The predicted octanol–water partition coefficient (Wildman–Crippen LogP) is 2.44. The number of rotatable bonds is 4. The van der Waals surface area contributed by atoms with Crippen molar-refractivity contribution in [2.75, 3.05) is 18.0 Å². The van der Waals surface area contributed by atoms with Crippen LogP contribution in [0.3, 0.4) is 0 Å². The summed E-state index contributed by atoms with van der Waals surface area (Å²) in [7, 11) is 0. The van der Waals surface area contributed by atoms with Crippen molar-refractivity contribution >= 4 is 11.5 Å². The molecule has 1 saturated carbocycles. The van der Waals surface area contributed by atoms with Gasteiger partial charge in [-0.05, 0) is 18.9 Å². The van der Waals surface area contributed by atoms with Crippen LogP contribution in [-0.2, 0) is 0 Å². The van der Waals surface area contributed by atoms with Gasteiger partial charge in [0.15, 0.2) is 5.65 Å². The third-order valence-electron chi connectivity index (χ3n) is 4.89. The van der Waals surface area contributed by atoms with Gasteiger partial charge < -0.3 is 9.64 Å². The van der Waals surface area contributed by atoms with Crippen molar-refractivity contribution in [1.82, 2.24) is 24.6 Å². The van der Waals surface area contributed by atoms with E-state index in [2.05, 4.69) is 20.0 Å². The van der Waals surface area contributed by atoms with E-state index in [4.69, 9.17) is 9.72 Å². The lowest BCUT2D eigenvalue weighted by Gasteiger charge is -2.32. The number of ether oxygens (including phenoxy) is 1. The van der Waals surface area contributed by atoms with Crippen LogP contribution >= 0.6 is 0 Å². The minimum Gasteiger partial charge on any atom is -0.474 e. The first-order valence-electron chi connectivity index (χ1n) is 8.90. The van der Waals surface area contributed by atoms with Crippen LogP contribution < -0.4 is 9.64 Å². The van der Waals surface area contributed by atoms with E-state index in [0.29, 0.717) is 11.8 Å². The van der Waals surface area contributed by atoms with Gasteiger partial charge in [-0.15, -0.1) is 0 Å². The Morgan fingerprint density at radius 3 is 2.68 bits per heavy atom. The van der Waals surface area contributed by atoms with Gasteiger partial charge in [0.05, 0.1) is 6.20 Å². The molecule has 2 aliphatic rings. The van der Waals surface area contributed by atoms with Gasteiger partial charge in [0, 0.05) is 56.4 Å². The van der Waals surface area contributed by atoms with E-state index in [1.165, 1.54) is 12.8 Å². The first-order valence-corrected chi connectivity index (χ1v) is 8.90. The average Bonchev–Trinajstić information content (AvgIpc) is 3.41. The number of anilines is 1. The van der Waals surface area contributed by atoms with E-state index in [1.807, 2.05) is 30.6 Å². The molecule has 0 amide bonds. The highest BCUT2D eigenvalue weighted by Gasteiger charge is 2.28. The molecule has 7 nitrogen and oxygen atoms in total. The molecule has 0 N–H and O–H groups in total. The van der Waals surface area contributed by atoms with Gasteiger partial charge in [0.1, 0.15) is 17.7 Å². The van der Waals surface area contributed by atoms with Gasteiger partial charge in [-0.3, -0.25) is 0 Å². The lowest BCUT2D eigenvalue weighted by Crippen LogP contribution is -2.39. The summed E-state index contributed by atoms with van der Waals surface area (Å²) in [6.45, 7) is 1.89. The summed E-state index contributed by atoms with van der Waals surface area (Å²) in [5.74, 6) is 3.32. The SMILES string of the molecule is c1cc(N2CCC(Oc3ccn4nccc4n3)CC2)nc(C2CC2)n1. The lowest BCUT2D eigenvalue weighted by atomic mass is 10.1. The molecule has 7 heteroatoms. The fourth-order valence-electron chi connectivity index (χ4n) is 3.31. The molecule has 0 aromatic carbocycles. The molecule has 3 aromatic rings. The molecule has 25 heavy (non-hydrogen) atoms. The highest BCUT2D eigenvalue weighted by Crippen LogP contribution is 2.38. The van der Waals surface area contributed by atoms with Crippen LogP contribution in [0.2, 0.25) is 0 Å². The molecule has 0 bridgehead atoms. The van der Waals surface area contributed by atoms with E-state index in [1.54, 1.807) is 10.7 Å². The molecule has 4 heterocycles. The first-order chi connectivity index (χ1) is 12.3. The second-order valence-corrected chi connectivity index (χ2v) is 6.75. The Kier molecular flexibility index (Phi) is 3.50. The monoisotopic (exact) mass is 336 g/mol. The lowest BCUT2D eigenvalue weighted by molar-refractivity contribution is 0.164. The van der Waals surface area contributed by atoms with Gasteiger partial charge in [-0.2, -0.15) is 10.1 Å². The molecule has 128 valence electrons. The fourth-order valence-corrected chi connectivity index (χ4v) is 3.31. The molecule has 1 aliphatic heterocycles. The Balaban J connectivity index is 1.22. The molecule has 2 fully saturated rings. The summed E-state index contributed by atoms with van der Waals surface area (Å²) in [5, 5.41) is 4.15. The summed E-state index contributed by atoms with van der Waals surface area (Å²) in [5.41, 5.74) is 0.809. The fraction of sp³-hybridized carbons (Fsp3) is 0.444. The molecule has 0 atom stereocenters. The van der Waals surface area contributed by atoms with Gasteiger partial charge >= 0.3 is 0 Å². The van der Waals surface area contributed by atoms with Crippen molar-refractivity contribution in [2.45, 2.75) is 37.7 Å². The number of nitrogens with zero attached hydrogens (tertiary/aromatic N) is 6. The third kappa shape index (κ3) is 3.01. The van der Waals surface area contributed by atoms with Gasteiger partial charge in [0.25, 0.3) is 0 Å². The van der Waals surface area contributed by atoms with Crippen LogP contribution in [0.1, 0.15) is 37.4 Å². The van der Waals surface area contributed by atoms with Gasteiger partial charge in [0.2, 0.25) is 5.88 Å². The largest absolute Gasteiger partial charge is 0.474 e. The second-order valence-electron chi connectivity index (χ2n) is 6.75. The Labute approximate surface area is 145 Å². The maximum absolute atomic E-state index is 6.08. The van der Waals surface area contributed by atoms with Crippen LogP contribution in [0, 0.1) is 0 Å². The van der Waals surface area contributed by atoms with E-state index in [0.717, 1.165) is 43.2 Å². The normalized spacial score (nSPS) is 18.6. The van der Waals surface area contributed by atoms with Crippen LogP contribution in [0.15, 0.2) is 36.8 Å². The summed E-state index contributed by atoms with van der Waals surface area (Å²) >= 11 is 0. The van der Waals surface area contributed by atoms with Crippen LogP contribution in [0.5, 0.6) is 5.88 Å². The predicted molar refractivity (Wildman–Crippen MR) is 92.9 cm³/mol. The second kappa shape index (κ2) is 5.98. The van der Waals surface area contributed by atoms with Crippen molar-refractivity contribution in [3.63, 3.8) is 0 Å². The summed E-state index contributed by atoms with van der Waals surface area (Å²) < 4.78 is 7.82. The van der Waals surface area contributed by atoms with E-state index < -0.39 is 0 Å². The van der Waals surface area contributed by atoms with E-state index in [-0.39, 0.29) is 6.10 Å². The van der Waals surface area contributed by atoms with Crippen molar-refractivity contribution in [3.8, 4) is 5.88 Å². The Bertz CT molecular complexity index is 882. The number of aromatic nitrogens is 5. The van der Waals surface area contributed by atoms with Crippen LogP contribution in [-0.4, -0.2) is 43.8 Å². The highest BCUT2D eigenvalue weighted by molar-refractivity contribution is 5.39. The van der Waals surface area contributed by atoms with E-state index in [9.17, 15) is 0 Å². The molecule has 0 radical (unpaired) electrons. The maximum atomic E-state index is 6.08. The molecule has 0 unspecified atom stereocenters. The topological polar surface area (TPSA) is 68.4 Å². The van der Waals surface area contributed by atoms with Gasteiger partial charge in [-0.25, -0.2) is 14.5 Å². The van der Waals surface area contributed by atoms with Crippen molar-refractivity contribution in [3.05, 3.63) is 42.6 Å². The zero-order valence-corrected chi connectivity index (χ0v) is 14.0. The molecule has 5 rings (SSSR count). The molecule has 3 aromatic heterocycles. The Morgan fingerprint density at radius 2 is 1.84 bits per heavy atom. The van der Waals surface area contributed by atoms with Crippen molar-refractivity contribution in [1.29, 1.82) is 0 Å². The minimum atomic E-state index is 0.193. The van der Waals surface area contributed by atoms with Crippen molar-refractivity contribution < 1.29 is 4.74 Å². The summed E-state index contributed by atoms with van der Waals surface area (Å²) in [6, 6.07) is 5.77. The van der Waals surface area contributed by atoms with E-state index >= 15 is 0 Å². The molecule has 1 saturated heterocycles. The number of hydrogen-bond acceptors (Lipinski definition) is 6. The zero-order chi connectivity index (χ0) is 16.6. The average molecular weight is 336 g/mol. The maximum Gasteiger partial charge on any atom is 0.217 e. The third-order valence-corrected chi connectivity index (χ3v) is 4.89. The molecule has 0 spiro atoms. The number of hydrogen-bond donors (Lipinski definition) is 0. The van der Waals surface area contributed by atoms with Crippen LogP contribution in [0.25, 0.3) is 5.65 Å². The number of piperidine rings is 1. The zero-order valence-electron chi connectivity index (χ0n) is 14.0. The standard InChI is InChI=1S/C18H20N6O/c1-2-13(1)18-19-8-3-15(22-18)23-10-5-14(6-11-23)25-17-7-12-24-16(21-17)4-9-20-24/h3-4,7-9,12-14H,1-2,5-6,10-11H2. The smallest absolute Gasteiger partial charge is 0.217 e. The highest BCUT2D eigenvalue weighted by atomic mass is 16.5. The first kappa shape index (κ1) is 14.6. The van der Waals surface area contributed by atoms with Gasteiger partial charge in [-0.1, -0.05) is 0 Å². The molecular formula is C18H20N6O. The minimum absolute atomic E-state index is 0.193. The van der Waals surface area contributed by atoms with Crippen molar-refractivity contribution in [2.24, 2.45) is 0 Å². The quantitative estimate of drug-likeness (QED) is 0.729. The summed E-state index contributed by atoms with van der Waals surface area (Å²) in [6.07, 6.45) is 10.1. The Hall–Kier alpha value is -2.70. The Morgan fingerprint density at radius 1 is 0.960 bits per heavy atom. The van der Waals surface area contributed by atoms with Crippen LogP contribution in [0.4, 0.5) is 5.82 Å². The molecular weight excluding hydrogens is 316 g/mol. The number of fused-ring (bicyclic) bond motifs is 1. The molecule has 1 aliphatic carbocycles. The summed E-state index contributed by atoms with van der Waals surface area (Å²) in [4.78, 5) is 16.0.